The summed E-state index contributed by atoms with van der Waals surface area (Å²) in [5.74, 6) is -0.737. The van der Waals surface area contributed by atoms with Gasteiger partial charge in [0, 0.05) is 21.9 Å². The summed E-state index contributed by atoms with van der Waals surface area (Å²) in [6.45, 7) is 5.24. The van der Waals surface area contributed by atoms with Gasteiger partial charge < -0.3 is 5.32 Å². The molecule has 0 unspecified atom stereocenters. The van der Waals surface area contributed by atoms with Gasteiger partial charge in [-0.2, -0.15) is 0 Å². The molecule has 0 radical (unpaired) electrons. The van der Waals surface area contributed by atoms with Crippen molar-refractivity contribution in [2.24, 2.45) is 0 Å². The van der Waals surface area contributed by atoms with Gasteiger partial charge in [-0.1, -0.05) is 6.92 Å². The van der Waals surface area contributed by atoms with Crippen LogP contribution >= 0.6 is 11.3 Å². The van der Waals surface area contributed by atoms with Crippen molar-refractivity contribution in [2.75, 3.05) is 6.54 Å². The Morgan fingerprint density at radius 2 is 1.94 bits per heavy atom. The van der Waals surface area contributed by atoms with E-state index in [1.54, 1.807) is 6.92 Å². The van der Waals surface area contributed by atoms with Crippen LogP contribution < -0.4 is 5.32 Å². The molecule has 1 aromatic heterocycles. The van der Waals surface area contributed by atoms with Crippen LogP contribution in [0.5, 0.6) is 0 Å². The van der Waals surface area contributed by atoms with Gasteiger partial charge in [0.15, 0.2) is 0 Å². The van der Waals surface area contributed by atoms with Crippen molar-refractivity contribution in [1.29, 1.82) is 0 Å². The van der Waals surface area contributed by atoms with E-state index in [1.807, 2.05) is 19.1 Å². The fourth-order valence-electron chi connectivity index (χ4n) is 1.70. The number of aryl methyl sites for hydroxylation is 1. The second-order valence-corrected chi connectivity index (χ2v) is 5.30. The molecule has 96 valence electrons. The molecule has 0 atom stereocenters. The normalized spacial score (nSPS) is 10.9. The average Bonchev–Trinajstić information content (AvgIpc) is 2.79. The number of thiophene rings is 1. The standard InChI is InChI=1S/C14H15F2NS/c1-3-17-8-10-4-5-14(18-10)11-7-12(15)9(2)6-13(11)16/h4-7,17H,3,8H2,1-2H3. The predicted octanol–water partition coefficient (Wildman–Crippen LogP) is 4.11. The van der Waals surface area contributed by atoms with E-state index in [2.05, 4.69) is 5.32 Å². The molecule has 0 spiro atoms. The molecule has 2 rings (SSSR count). The average molecular weight is 267 g/mol. The van der Waals surface area contributed by atoms with Crippen molar-refractivity contribution >= 4 is 11.3 Å². The number of nitrogens with one attached hydrogen (secondary N) is 1. The largest absolute Gasteiger partial charge is 0.312 e. The molecule has 0 aliphatic heterocycles. The molecule has 0 saturated heterocycles. The highest BCUT2D eigenvalue weighted by Crippen LogP contribution is 2.31. The minimum Gasteiger partial charge on any atom is -0.312 e. The highest BCUT2D eigenvalue weighted by molar-refractivity contribution is 7.15. The molecule has 0 saturated carbocycles. The maximum absolute atomic E-state index is 13.8. The first-order chi connectivity index (χ1) is 8.61. The van der Waals surface area contributed by atoms with Crippen LogP contribution in [0.2, 0.25) is 0 Å². The van der Waals surface area contributed by atoms with Crippen LogP contribution in [0.4, 0.5) is 8.78 Å². The van der Waals surface area contributed by atoms with E-state index < -0.39 is 0 Å². The highest BCUT2D eigenvalue weighted by atomic mass is 32.1. The van der Waals surface area contributed by atoms with Gasteiger partial charge in [0.1, 0.15) is 11.6 Å². The Bertz CT molecular complexity index is 549. The SMILES string of the molecule is CCNCc1ccc(-c2cc(F)c(C)cc2F)s1. The summed E-state index contributed by atoms with van der Waals surface area (Å²) in [5.41, 5.74) is 0.673. The smallest absolute Gasteiger partial charge is 0.132 e. The third kappa shape index (κ3) is 2.76. The van der Waals surface area contributed by atoms with Gasteiger partial charge in [-0.05, 0) is 43.3 Å². The minimum atomic E-state index is -0.370. The summed E-state index contributed by atoms with van der Waals surface area (Å²) in [6.07, 6.45) is 0. The molecule has 1 N–H and O–H groups in total. The van der Waals surface area contributed by atoms with E-state index in [4.69, 9.17) is 0 Å². The number of halogens is 2. The third-order valence-corrected chi connectivity index (χ3v) is 3.84. The Hall–Kier alpha value is -1.26. The van der Waals surface area contributed by atoms with Crippen LogP contribution in [0.15, 0.2) is 24.3 Å². The van der Waals surface area contributed by atoms with E-state index in [0.29, 0.717) is 11.1 Å². The lowest BCUT2D eigenvalue weighted by Gasteiger charge is -2.03. The van der Waals surface area contributed by atoms with Crippen LogP contribution in [-0.4, -0.2) is 6.54 Å². The Balaban J connectivity index is 2.31. The number of benzene rings is 1. The zero-order valence-electron chi connectivity index (χ0n) is 10.4. The molecule has 2 aromatic rings. The van der Waals surface area contributed by atoms with Gasteiger partial charge >= 0.3 is 0 Å². The van der Waals surface area contributed by atoms with Crippen LogP contribution in [0.25, 0.3) is 10.4 Å². The maximum atomic E-state index is 13.8. The summed E-state index contributed by atoms with van der Waals surface area (Å²) in [5, 5.41) is 3.21. The van der Waals surface area contributed by atoms with Crippen molar-refractivity contribution in [3.05, 3.63) is 46.3 Å². The van der Waals surface area contributed by atoms with E-state index in [-0.39, 0.29) is 11.6 Å². The Morgan fingerprint density at radius 1 is 1.17 bits per heavy atom. The molecule has 1 aromatic carbocycles. The zero-order chi connectivity index (χ0) is 13.1. The lowest BCUT2D eigenvalue weighted by Crippen LogP contribution is -2.10. The molecule has 0 bridgehead atoms. The minimum absolute atomic E-state index is 0.334. The maximum Gasteiger partial charge on any atom is 0.132 e. The summed E-state index contributed by atoms with van der Waals surface area (Å²) >= 11 is 1.49. The van der Waals surface area contributed by atoms with Gasteiger partial charge in [-0.3, -0.25) is 0 Å². The van der Waals surface area contributed by atoms with Crippen LogP contribution in [0.3, 0.4) is 0 Å². The zero-order valence-corrected chi connectivity index (χ0v) is 11.2. The number of hydrogen-bond acceptors (Lipinski definition) is 2. The van der Waals surface area contributed by atoms with Crippen molar-refractivity contribution in [3.8, 4) is 10.4 Å². The molecular weight excluding hydrogens is 252 g/mol. The third-order valence-electron chi connectivity index (χ3n) is 2.72. The van der Waals surface area contributed by atoms with Gasteiger partial charge in [-0.25, -0.2) is 8.78 Å². The van der Waals surface area contributed by atoms with Crippen molar-refractivity contribution in [1.82, 2.24) is 5.32 Å². The Labute approximate surface area is 109 Å². The lowest BCUT2D eigenvalue weighted by atomic mass is 10.1. The topological polar surface area (TPSA) is 12.0 Å². The van der Waals surface area contributed by atoms with Crippen molar-refractivity contribution < 1.29 is 8.78 Å². The Morgan fingerprint density at radius 3 is 2.67 bits per heavy atom. The quantitative estimate of drug-likeness (QED) is 0.879. The first-order valence-corrected chi connectivity index (χ1v) is 6.69. The molecular formula is C14H15F2NS. The van der Waals surface area contributed by atoms with Gasteiger partial charge in [0.2, 0.25) is 0 Å². The summed E-state index contributed by atoms with van der Waals surface area (Å²) < 4.78 is 27.3. The van der Waals surface area contributed by atoms with E-state index in [1.165, 1.54) is 23.5 Å². The van der Waals surface area contributed by atoms with Crippen molar-refractivity contribution in [2.45, 2.75) is 20.4 Å². The first kappa shape index (κ1) is 13.2. The Kier molecular flexibility index (Phi) is 4.09. The summed E-state index contributed by atoms with van der Waals surface area (Å²) in [6, 6.07) is 6.30. The monoisotopic (exact) mass is 267 g/mol. The predicted molar refractivity (Wildman–Crippen MR) is 71.8 cm³/mol. The van der Waals surface area contributed by atoms with Crippen LogP contribution in [-0.2, 0) is 6.54 Å². The van der Waals surface area contributed by atoms with E-state index in [9.17, 15) is 8.78 Å². The van der Waals surface area contributed by atoms with Crippen LogP contribution in [0.1, 0.15) is 17.4 Å². The van der Waals surface area contributed by atoms with Gasteiger partial charge in [-0.15, -0.1) is 11.3 Å². The first-order valence-electron chi connectivity index (χ1n) is 5.87. The molecule has 1 heterocycles. The van der Waals surface area contributed by atoms with Gasteiger partial charge in [0.25, 0.3) is 0 Å². The van der Waals surface area contributed by atoms with E-state index >= 15 is 0 Å². The molecule has 1 nitrogen and oxygen atoms in total. The molecule has 0 amide bonds. The fourth-order valence-corrected chi connectivity index (χ4v) is 2.70. The lowest BCUT2D eigenvalue weighted by molar-refractivity contribution is 0.595. The molecule has 0 fully saturated rings. The second kappa shape index (κ2) is 5.59. The summed E-state index contributed by atoms with van der Waals surface area (Å²) in [4.78, 5) is 1.88. The van der Waals surface area contributed by atoms with Gasteiger partial charge in [0.05, 0.1) is 0 Å². The number of rotatable bonds is 4. The second-order valence-electron chi connectivity index (χ2n) is 4.13. The number of hydrogen-bond donors (Lipinski definition) is 1. The molecule has 0 aliphatic rings. The fraction of sp³-hybridized carbons (Fsp3) is 0.286. The molecule has 4 heteroatoms. The molecule has 18 heavy (non-hydrogen) atoms. The molecule has 0 aliphatic carbocycles. The highest BCUT2D eigenvalue weighted by Gasteiger charge is 2.11. The summed E-state index contributed by atoms with van der Waals surface area (Å²) in [7, 11) is 0. The van der Waals surface area contributed by atoms with Crippen molar-refractivity contribution in [3.63, 3.8) is 0 Å². The van der Waals surface area contributed by atoms with E-state index in [0.717, 1.165) is 22.8 Å². The van der Waals surface area contributed by atoms with Crippen LogP contribution in [0, 0.1) is 18.6 Å².